The van der Waals surface area contributed by atoms with Gasteiger partial charge in [0.05, 0.1) is 13.2 Å². The Morgan fingerprint density at radius 3 is 2.85 bits per heavy atom. The van der Waals surface area contributed by atoms with Crippen molar-refractivity contribution in [3.63, 3.8) is 0 Å². The van der Waals surface area contributed by atoms with Crippen molar-refractivity contribution in [1.82, 2.24) is 0 Å². The minimum atomic E-state index is -0.548. The van der Waals surface area contributed by atoms with Crippen LogP contribution in [0.1, 0.15) is 29.8 Å². The molecule has 1 N–H and O–H groups in total. The highest BCUT2D eigenvalue weighted by atomic mass is 35.5. The Kier molecular flexibility index (Phi) is 3.55. The van der Waals surface area contributed by atoms with Crippen LogP contribution < -0.4 is 9.47 Å². The van der Waals surface area contributed by atoms with Crippen molar-refractivity contribution in [1.29, 1.82) is 0 Å². The van der Waals surface area contributed by atoms with Gasteiger partial charge in [-0.15, -0.1) is 0 Å². The van der Waals surface area contributed by atoms with Gasteiger partial charge in [-0.3, -0.25) is 0 Å². The van der Waals surface area contributed by atoms with Gasteiger partial charge in [0, 0.05) is 23.1 Å². The van der Waals surface area contributed by atoms with Gasteiger partial charge in [-0.2, -0.15) is 0 Å². The number of methoxy groups -OCH3 is 1. The predicted octanol–water partition coefficient (Wildman–Crippen LogP) is 3.91. The van der Waals surface area contributed by atoms with E-state index in [1.165, 1.54) is 0 Å². The van der Waals surface area contributed by atoms with Crippen molar-refractivity contribution in [3.05, 3.63) is 58.6 Å². The molecule has 0 radical (unpaired) electrons. The number of rotatable bonds is 2. The van der Waals surface area contributed by atoms with E-state index in [0.29, 0.717) is 22.9 Å². The third kappa shape index (κ3) is 2.47. The summed E-state index contributed by atoms with van der Waals surface area (Å²) in [6, 6.07) is 13.0. The molecule has 104 valence electrons. The average Bonchev–Trinajstić information content (AvgIpc) is 2.46. The largest absolute Gasteiger partial charge is 0.497 e. The van der Waals surface area contributed by atoms with E-state index in [2.05, 4.69) is 0 Å². The first-order valence-electron chi connectivity index (χ1n) is 6.45. The maximum atomic E-state index is 10.3. The minimum absolute atomic E-state index is 0.205. The number of ether oxygens (including phenoxy) is 2. The Morgan fingerprint density at radius 1 is 1.25 bits per heavy atom. The van der Waals surface area contributed by atoms with E-state index in [1.54, 1.807) is 13.2 Å². The maximum Gasteiger partial charge on any atom is 0.129 e. The van der Waals surface area contributed by atoms with Crippen molar-refractivity contribution in [2.75, 3.05) is 7.11 Å². The lowest BCUT2D eigenvalue weighted by Crippen LogP contribution is -2.19. The molecule has 1 heterocycles. The molecule has 0 aromatic heterocycles. The van der Waals surface area contributed by atoms with Crippen LogP contribution in [-0.2, 0) is 0 Å². The van der Waals surface area contributed by atoms with E-state index in [-0.39, 0.29) is 6.10 Å². The molecule has 0 aliphatic carbocycles. The van der Waals surface area contributed by atoms with Gasteiger partial charge in [0.1, 0.15) is 17.6 Å². The highest BCUT2D eigenvalue weighted by molar-refractivity contribution is 6.30. The molecule has 3 rings (SSSR count). The molecule has 0 spiro atoms. The molecular weight excluding hydrogens is 276 g/mol. The molecule has 1 aliphatic heterocycles. The number of benzene rings is 2. The van der Waals surface area contributed by atoms with Crippen LogP contribution in [-0.4, -0.2) is 12.2 Å². The van der Waals surface area contributed by atoms with Gasteiger partial charge in [-0.05, 0) is 29.8 Å². The van der Waals surface area contributed by atoms with Crippen molar-refractivity contribution < 1.29 is 14.6 Å². The topological polar surface area (TPSA) is 38.7 Å². The lowest BCUT2D eigenvalue weighted by atomic mass is 9.95. The summed E-state index contributed by atoms with van der Waals surface area (Å²) in [5, 5.41) is 10.9. The Morgan fingerprint density at radius 2 is 2.10 bits per heavy atom. The van der Waals surface area contributed by atoms with Crippen LogP contribution >= 0.6 is 11.6 Å². The van der Waals surface area contributed by atoms with Gasteiger partial charge in [0.2, 0.25) is 0 Å². The molecule has 3 nitrogen and oxygen atoms in total. The van der Waals surface area contributed by atoms with E-state index in [9.17, 15) is 5.11 Å². The quantitative estimate of drug-likeness (QED) is 0.911. The normalized spacial score (nSPS) is 20.9. The summed E-state index contributed by atoms with van der Waals surface area (Å²) in [6.07, 6.45) is -0.239. The van der Waals surface area contributed by atoms with Gasteiger partial charge in [-0.25, -0.2) is 0 Å². The Hall–Kier alpha value is -1.71. The highest BCUT2D eigenvalue weighted by Gasteiger charge is 2.28. The first-order chi connectivity index (χ1) is 9.67. The van der Waals surface area contributed by atoms with E-state index in [4.69, 9.17) is 21.1 Å². The van der Waals surface area contributed by atoms with Crippen molar-refractivity contribution in [2.45, 2.75) is 18.6 Å². The molecular formula is C16H15ClO3. The van der Waals surface area contributed by atoms with Gasteiger partial charge >= 0.3 is 0 Å². The summed E-state index contributed by atoms with van der Waals surface area (Å²) >= 11 is 6.01. The molecule has 2 aromatic carbocycles. The van der Waals surface area contributed by atoms with Crippen LogP contribution in [0.15, 0.2) is 42.5 Å². The second-order valence-electron chi connectivity index (χ2n) is 4.82. The Labute approximate surface area is 122 Å². The molecule has 4 heteroatoms. The van der Waals surface area contributed by atoms with Crippen LogP contribution in [0.3, 0.4) is 0 Å². The summed E-state index contributed by atoms with van der Waals surface area (Å²) < 4.78 is 11.2. The highest BCUT2D eigenvalue weighted by Crippen LogP contribution is 2.42. The number of hydrogen-bond donors (Lipinski definition) is 1. The first-order valence-corrected chi connectivity index (χ1v) is 6.83. The monoisotopic (exact) mass is 290 g/mol. The van der Waals surface area contributed by atoms with E-state index in [1.807, 2.05) is 36.4 Å². The number of halogens is 1. The first kappa shape index (κ1) is 13.3. The third-order valence-corrected chi connectivity index (χ3v) is 3.74. The predicted molar refractivity (Wildman–Crippen MR) is 77.4 cm³/mol. The van der Waals surface area contributed by atoms with Crippen molar-refractivity contribution >= 4 is 11.6 Å². The fourth-order valence-corrected chi connectivity index (χ4v) is 2.66. The maximum absolute atomic E-state index is 10.3. The molecule has 0 amide bonds. The SMILES string of the molecule is COc1ccc2c(c1)OC(c1cccc(Cl)c1)CC2O. The van der Waals surface area contributed by atoms with E-state index < -0.39 is 6.10 Å². The van der Waals surface area contributed by atoms with E-state index in [0.717, 1.165) is 11.1 Å². The van der Waals surface area contributed by atoms with Gasteiger partial charge in [-0.1, -0.05) is 23.7 Å². The van der Waals surface area contributed by atoms with E-state index >= 15 is 0 Å². The van der Waals surface area contributed by atoms with Crippen LogP contribution in [0.25, 0.3) is 0 Å². The van der Waals surface area contributed by atoms with Gasteiger partial charge in [0.15, 0.2) is 0 Å². The van der Waals surface area contributed by atoms with Gasteiger partial charge < -0.3 is 14.6 Å². The number of fused-ring (bicyclic) bond motifs is 1. The average molecular weight is 291 g/mol. The second kappa shape index (κ2) is 5.35. The van der Waals surface area contributed by atoms with Crippen LogP contribution in [0, 0.1) is 0 Å². The lowest BCUT2D eigenvalue weighted by Gasteiger charge is -2.30. The molecule has 2 atom stereocenters. The molecule has 0 saturated heterocycles. The van der Waals surface area contributed by atoms with Crippen LogP contribution in [0.2, 0.25) is 5.02 Å². The zero-order valence-electron chi connectivity index (χ0n) is 11.0. The van der Waals surface area contributed by atoms with Crippen molar-refractivity contribution in [3.8, 4) is 11.5 Å². The molecule has 2 aromatic rings. The fourth-order valence-electron chi connectivity index (χ4n) is 2.46. The zero-order valence-corrected chi connectivity index (χ0v) is 11.8. The molecule has 0 bridgehead atoms. The lowest BCUT2D eigenvalue weighted by molar-refractivity contribution is 0.0655. The summed E-state index contributed by atoms with van der Waals surface area (Å²) in [6.45, 7) is 0. The smallest absolute Gasteiger partial charge is 0.129 e. The summed E-state index contributed by atoms with van der Waals surface area (Å²) in [4.78, 5) is 0. The minimum Gasteiger partial charge on any atom is -0.497 e. The van der Waals surface area contributed by atoms with Crippen LogP contribution in [0.4, 0.5) is 0 Å². The molecule has 20 heavy (non-hydrogen) atoms. The summed E-state index contributed by atoms with van der Waals surface area (Å²) in [5.41, 5.74) is 1.76. The molecule has 0 fully saturated rings. The third-order valence-electron chi connectivity index (χ3n) is 3.51. The Bertz CT molecular complexity index is 627. The molecule has 2 unspecified atom stereocenters. The molecule has 0 saturated carbocycles. The van der Waals surface area contributed by atoms with Crippen molar-refractivity contribution in [2.24, 2.45) is 0 Å². The second-order valence-corrected chi connectivity index (χ2v) is 5.25. The molecule has 1 aliphatic rings. The number of hydrogen-bond acceptors (Lipinski definition) is 3. The zero-order chi connectivity index (χ0) is 14.1. The number of aliphatic hydroxyl groups excluding tert-OH is 1. The summed E-state index contributed by atoms with van der Waals surface area (Å²) in [5.74, 6) is 1.37. The Balaban J connectivity index is 1.95. The van der Waals surface area contributed by atoms with Crippen LogP contribution in [0.5, 0.6) is 11.5 Å². The standard InChI is InChI=1S/C16H15ClO3/c1-19-12-5-6-13-14(18)9-15(20-16(13)8-12)10-3-2-4-11(17)7-10/h2-8,14-15,18H,9H2,1H3. The summed E-state index contributed by atoms with van der Waals surface area (Å²) in [7, 11) is 1.61. The fraction of sp³-hybridized carbons (Fsp3) is 0.250. The van der Waals surface area contributed by atoms with Gasteiger partial charge in [0.25, 0.3) is 0 Å². The number of aliphatic hydroxyl groups is 1.